The first-order chi connectivity index (χ1) is 8.74. The molecule has 0 radical (unpaired) electrons. The first-order valence-electron chi connectivity index (χ1n) is 5.06. The molecule has 1 atom stereocenters. The molecule has 1 aromatic carbocycles. The van der Waals surface area contributed by atoms with Crippen LogP contribution in [0.25, 0.3) is 0 Å². The van der Waals surface area contributed by atoms with Gasteiger partial charge in [-0.05, 0) is 34.1 Å². The Balaban J connectivity index is 2.99. The number of rotatable bonds is 6. The van der Waals surface area contributed by atoms with E-state index in [-0.39, 0.29) is 22.8 Å². The fraction of sp³-hybridized carbons (Fsp3) is 0.300. The molecular weight excluding hydrogens is 358 g/mol. The Morgan fingerprint density at radius 1 is 1.47 bits per heavy atom. The Hall–Kier alpha value is -0.770. The molecule has 0 heterocycles. The minimum atomic E-state index is -3.80. The molecule has 0 spiro atoms. The zero-order valence-electron chi connectivity index (χ0n) is 9.92. The van der Waals surface area contributed by atoms with E-state index in [0.717, 1.165) is 6.07 Å². The van der Waals surface area contributed by atoms with E-state index in [1.165, 1.54) is 18.4 Å². The van der Waals surface area contributed by atoms with Gasteiger partial charge < -0.3 is 5.11 Å². The van der Waals surface area contributed by atoms with Crippen LogP contribution < -0.4 is 4.72 Å². The first-order valence-corrected chi connectivity index (χ1v) is 9.07. The summed E-state index contributed by atoms with van der Waals surface area (Å²) >= 11 is 3.03. The molecule has 0 aliphatic carbocycles. The van der Waals surface area contributed by atoms with Gasteiger partial charge in [-0.15, -0.1) is 0 Å². The predicted molar refractivity (Wildman–Crippen MR) is 75.2 cm³/mol. The van der Waals surface area contributed by atoms with E-state index in [4.69, 9.17) is 5.11 Å². The first kappa shape index (κ1) is 16.3. The summed E-state index contributed by atoms with van der Waals surface area (Å²) in [5.74, 6) is -1.03. The molecule has 1 aromatic rings. The number of aromatic carboxylic acids is 1. The Bertz CT molecular complexity index is 614. The van der Waals surface area contributed by atoms with Crippen molar-refractivity contribution >= 4 is 42.7 Å². The summed E-state index contributed by atoms with van der Waals surface area (Å²) in [5.41, 5.74) is -0.137. The number of nitrogens with one attached hydrogen (secondary N) is 1. The van der Waals surface area contributed by atoms with Crippen LogP contribution in [0.15, 0.2) is 27.6 Å². The molecule has 9 heteroatoms. The fourth-order valence-corrected chi connectivity index (χ4v) is 3.23. The largest absolute Gasteiger partial charge is 0.478 e. The normalized spacial score (nSPS) is 13.2. The molecule has 1 rings (SSSR count). The predicted octanol–water partition coefficient (Wildman–Crippen LogP) is 0.804. The molecule has 0 saturated carbocycles. The minimum Gasteiger partial charge on any atom is -0.478 e. The van der Waals surface area contributed by atoms with Gasteiger partial charge in [0.2, 0.25) is 10.0 Å². The summed E-state index contributed by atoms with van der Waals surface area (Å²) in [4.78, 5) is 10.8. The Morgan fingerprint density at radius 2 is 2.11 bits per heavy atom. The summed E-state index contributed by atoms with van der Waals surface area (Å²) in [6.45, 7) is 0.0317. The second kappa shape index (κ2) is 6.60. The van der Waals surface area contributed by atoms with Crippen molar-refractivity contribution in [3.63, 3.8) is 0 Å². The maximum absolute atomic E-state index is 11.9. The highest BCUT2D eigenvalue weighted by molar-refractivity contribution is 9.10. The van der Waals surface area contributed by atoms with Crippen molar-refractivity contribution in [1.82, 2.24) is 4.72 Å². The van der Waals surface area contributed by atoms with Gasteiger partial charge in [-0.3, -0.25) is 4.21 Å². The molecule has 0 aromatic heterocycles. The molecule has 2 N–H and O–H groups in total. The van der Waals surface area contributed by atoms with Crippen molar-refractivity contribution in [2.24, 2.45) is 0 Å². The topological polar surface area (TPSA) is 101 Å². The van der Waals surface area contributed by atoms with Gasteiger partial charge in [-0.1, -0.05) is 0 Å². The van der Waals surface area contributed by atoms with E-state index in [2.05, 4.69) is 20.7 Å². The van der Waals surface area contributed by atoms with Crippen molar-refractivity contribution in [1.29, 1.82) is 0 Å². The quantitative estimate of drug-likeness (QED) is 0.772. The van der Waals surface area contributed by atoms with E-state index in [9.17, 15) is 17.4 Å². The number of benzene rings is 1. The Labute approximate surface area is 121 Å². The zero-order chi connectivity index (χ0) is 14.6. The van der Waals surface area contributed by atoms with E-state index in [0.29, 0.717) is 4.47 Å². The Morgan fingerprint density at radius 3 is 2.63 bits per heavy atom. The third-order valence-electron chi connectivity index (χ3n) is 2.16. The molecule has 0 fully saturated rings. The maximum Gasteiger partial charge on any atom is 0.336 e. The van der Waals surface area contributed by atoms with Gasteiger partial charge in [-0.25, -0.2) is 17.9 Å². The van der Waals surface area contributed by atoms with Crippen LogP contribution in [-0.2, 0) is 20.8 Å². The van der Waals surface area contributed by atoms with Crippen molar-refractivity contribution in [2.45, 2.75) is 4.90 Å². The van der Waals surface area contributed by atoms with Crippen LogP contribution in [0.3, 0.4) is 0 Å². The Kier molecular flexibility index (Phi) is 5.65. The number of carbonyl (C=O) groups is 1. The molecule has 1 unspecified atom stereocenters. The molecule has 6 nitrogen and oxygen atoms in total. The molecule has 0 amide bonds. The van der Waals surface area contributed by atoms with Crippen LogP contribution >= 0.6 is 15.9 Å². The number of carboxylic acids is 1. The van der Waals surface area contributed by atoms with Gasteiger partial charge in [0.1, 0.15) is 0 Å². The number of sulfonamides is 1. The van der Waals surface area contributed by atoms with Crippen LogP contribution in [0.2, 0.25) is 0 Å². The number of hydrogen-bond donors (Lipinski definition) is 2. The van der Waals surface area contributed by atoms with Gasteiger partial charge >= 0.3 is 5.97 Å². The van der Waals surface area contributed by atoms with E-state index in [1.54, 1.807) is 0 Å². The van der Waals surface area contributed by atoms with Crippen molar-refractivity contribution in [2.75, 3.05) is 18.6 Å². The second-order valence-electron chi connectivity index (χ2n) is 3.62. The number of carboxylic acid groups (broad SMARTS) is 1. The van der Waals surface area contributed by atoms with Gasteiger partial charge in [0.25, 0.3) is 0 Å². The smallest absolute Gasteiger partial charge is 0.336 e. The van der Waals surface area contributed by atoms with Crippen LogP contribution in [0, 0.1) is 0 Å². The molecule has 19 heavy (non-hydrogen) atoms. The van der Waals surface area contributed by atoms with Crippen LogP contribution in [0.1, 0.15) is 10.4 Å². The summed E-state index contributed by atoms with van der Waals surface area (Å²) in [6, 6.07) is 3.72. The average molecular weight is 370 g/mol. The third-order valence-corrected chi connectivity index (χ3v) is 5.09. The summed E-state index contributed by atoms with van der Waals surface area (Å²) in [5, 5.41) is 8.92. The van der Waals surface area contributed by atoms with Gasteiger partial charge in [0.05, 0.1) is 10.5 Å². The summed E-state index contributed by atoms with van der Waals surface area (Å²) < 4.78 is 37.2. The van der Waals surface area contributed by atoms with E-state index < -0.39 is 26.8 Å². The molecule has 0 saturated heterocycles. The van der Waals surface area contributed by atoms with Crippen molar-refractivity contribution in [3.8, 4) is 0 Å². The number of halogens is 1. The van der Waals surface area contributed by atoms with Crippen LogP contribution in [0.5, 0.6) is 0 Å². The maximum atomic E-state index is 11.9. The molecule has 0 aliphatic rings. The highest BCUT2D eigenvalue weighted by atomic mass is 79.9. The molecule has 106 valence electrons. The third kappa shape index (κ3) is 4.68. The second-order valence-corrected chi connectivity index (χ2v) is 7.80. The van der Waals surface area contributed by atoms with Crippen LogP contribution in [-0.4, -0.2) is 42.3 Å². The summed E-state index contributed by atoms with van der Waals surface area (Å²) in [6.07, 6.45) is 1.47. The lowest BCUT2D eigenvalue weighted by Gasteiger charge is -2.07. The molecule has 0 aliphatic heterocycles. The highest BCUT2D eigenvalue weighted by Gasteiger charge is 2.17. The van der Waals surface area contributed by atoms with Gasteiger partial charge in [-0.2, -0.15) is 0 Å². The monoisotopic (exact) mass is 369 g/mol. The standard InChI is InChI=1S/C10H12BrNO5S2/c1-18(15)5-4-12-19(16,17)7-2-3-9(11)8(6-7)10(13)14/h2-3,6,12H,4-5H2,1H3,(H,13,14). The number of hydrogen-bond acceptors (Lipinski definition) is 4. The lowest BCUT2D eigenvalue weighted by Crippen LogP contribution is -2.28. The summed E-state index contributed by atoms with van der Waals surface area (Å²) in [7, 11) is -4.90. The average Bonchev–Trinajstić information content (AvgIpc) is 2.27. The van der Waals surface area contributed by atoms with E-state index >= 15 is 0 Å². The van der Waals surface area contributed by atoms with E-state index in [1.807, 2.05) is 0 Å². The lowest BCUT2D eigenvalue weighted by molar-refractivity contribution is 0.0695. The fourth-order valence-electron chi connectivity index (χ4n) is 1.24. The molecule has 0 bridgehead atoms. The van der Waals surface area contributed by atoms with Crippen LogP contribution in [0.4, 0.5) is 0 Å². The minimum absolute atomic E-state index is 0.0317. The van der Waals surface area contributed by atoms with Crippen molar-refractivity contribution in [3.05, 3.63) is 28.2 Å². The van der Waals surface area contributed by atoms with Gasteiger partial charge in [0, 0.05) is 33.8 Å². The molecular formula is C10H12BrNO5S2. The highest BCUT2D eigenvalue weighted by Crippen LogP contribution is 2.20. The van der Waals surface area contributed by atoms with Gasteiger partial charge in [0.15, 0.2) is 0 Å². The lowest BCUT2D eigenvalue weighted by atomic mass is 10.2. The zero-order valence-corrected chi connectivity index (χ0v) is 13.1. The SMILES string of the molecule is CS(=O)CCNS(=O)(=O)c1ccc(Br)c(C(=O)O)c1. The van der Waals surface area contributed by atoms with Crippen molar-refractivity contribution < 1.29 is 22.5 Å².